The summed E-state index contributed by atoms with van der Waals surface area (Å²) in [4.78, 5) is 8.64. The molecule has 2 aromatic heterocycles. The number of ether oxygens (including phenoxy) is 1. The summed E-state index contributed by atoms with van der Waals surface area (Å²) in [6.45, 7) is 3.67. The van der Waals surface area contributed by atoms with Crippen molar-refractivity contribution in [3.05, 3.63) is 53.3 Å². The largest absolute Gasteiger partial charge is 0.493 e. The van der Waals surface area contributed by atoms with Crippen LogP contribution in [0.2, 0.25) is 0 Å². The second-order valence-corrected chi connectivity index (χ2v) is 8.44. The van der Waals surface area contributed by atoms with E-state index in [-0.39, 0.29) is 0 Å². The third-order valence-corrected chi connectivity index (χ3v) is 6.54. The molecule has 4 nitrogen and oxygen atoms in total. The Morgan fingerprint density at radius 1 is 1.24 bits per heavy atom. The van der Waals surface area contributed by atoms with Gasteiger partial charge in [-0.3, -0.25) is 0 Å². The number of imidazole rings is 1. The summed E-state index contributed by atoms with van der Waals surface area (Å²) in [5.41, 5.74) is 2.47. The highest BCUT2D eigenvalue weighted by molar-refractivity contribution is 8.01. The third-order valence-electron chi connectivity index (χ3n) is 3.78. The second-order valence-electron chi connectivity index (χ2n) is 5.43. The van der Waals surface area contributed by atoms with Crippen LogP contribution in [-0.4, -0.2) is 33.2 Å². The lowest BCUT2D eigenvalue weighted by Crippen LogP contribution is -2.05. The molecule has 0 aliphatic heterocycles. The van der Waals surface area contributed by atoms with Crippen molar-refractivity contribution in [1.29, 1.82) is 0 Å². The van der Waals surface area contributed by atoms with Gasteiger partial charge in [-0.25, -0.2) is 9.97 Å². The van der Waals surface area contributed by atoms with E-state index in [1.54, 1.807) is 34.9 Å². The van der Waals surface area contributed by atoms with E-state index in [0.29, 0.717) is 0 Å². The van der Waals surface area contributed by atoms with E-state index < -0.39 is 0 Å². The van der Waals surface area contributed by atoms with Gasteiger partial charge in [-0.05, 0) is 36.8 Å². The Hall–Kier alpha value is -1.44. The second kappa shape index (κ2) is 9.31. The van der Waals surface area contributed by atoms with Crippen LogP contribution in [0, 0.1) is 6.92 Å². The fourth-order valence-corrected chi connectivity index (χ4v) is 4.61. The van der Waals surface area contributed by atoms with E-state index in [9.17, 15) is 0 Å². The molecule has 3 rings (SSSR count). The minimum absolute atomic E-state index is 0.726. The van der Waals surface area contributed by atoms with Gasteiger partial charge in [0.1, 0.15) is 10.1 Å². The number of thioether (sulfide) groups is 2. The van der Waals surface area contributed by atoms with Crippen LogP contribution in [-0.2, 0) is 6.54 Å². The van der Waals surface area contributed by atoms with E-state index in [1.807, 2.05) is 24.0 Å². The minimum atomic E-state index is 0.726. The zero-order valence-electron chi connectivity index (χ0n) is 14.3. The molecule has 0 unspecified atom stereocenters. The van der Waals surface area contributed by atoms with Crippen LogP contribution in [0.4, 0.5) is 0 Å². The Labute approximate surface area is 161 Å². The fraction of sp³-hybridized carbons (Fsp3) is 0.333. The lowest BCUT2D eigenvalue weighted by atomic mass is 10.1. The summed E-state index contributed by atoms with van der Waals surface area (Å²) in [5, 5.41) is 3.04. The number of nitrogens with zero attached hydrogens (tertiary/aromatic N) is 3. The van der Waals surface area contributed by atoms with Gasteiger partial charge >= 0.3 is 0 Å². The van der Waals surface area contributed by atoms with Gasteiger partial charge in [-0.15, -0.1) is 11.3 Å². The van der Waals surface area contributed by atoms with Gasteiger partial charge in [-0.1, -0.05) is 35.7 Å². The van der Waals surface area contributed by atoms with Crippen LogP contribution in [0.15, 0.2) is 51.7 Å². The fourth-order valence-electron chi connectivity index (χ4n) is 2.46. The minimum Gasteiger partial charge on any atom is -0.493 e. The maximum atomic E-state index is 6.01. The van der Waals surface area contributed by atoms with Crippen LogP contribution in [0.5, 0.6) is 5.75 Å². The molecule has 0 radical (unpaired) electrons. The molecule has 2 heterocycles. The lowest BCUT2D eigenvalue weighted by molar-refractivity contribution is 0.316. The summed E-state index contributed by atoms with van der Waals surface area (Å²) in [6, 6.07) is 6.28. The predicted molar refractivity (Wildman–Crippen MR) is 107 cm³/mol. The Bertz CT molecular complexity index is 787. The molecule has 3 aromatic rings. The predicted octanol–water partition coefficient (Wildman–Crippen LogP) is 4.98. The van der Waals surface area contributed by atoms with E-state index in [4.69, 9.17) is 4.74 Å². The summed E-state index contributed by atoms with van der Waals surface area (Å²) < 4.78 is 9.31. The van der Waals surface area contributed by atoms with Gasteiger partial charge in [-0.2, -0.15) is 0 Å². The Morgan fingerprint density at radius 3 is 2.96 bits per heavy atom. The van der Waals surface area contributed by atoms with Gasteiger partial charge in [0.05, 0.1) is 6.61 Å². The molecule has 25 heavy (non-hydrogen) atoms. The average Bonchev–Trinajstić information content (AvgIpc) is 3.29. The first-order chi connectivity index (χ1) is 12.3. The average molecular weight is 392 g/mol. The molecule has 132 valence electrons. The van der Waals surface area contributed by atoms with Crippen LogP contribution in [0.1, 0.15) is 17.5 Å². The number of rotatable bonds is 9. The molecule has 0 atom stereocenters. The number of hydrogen-bond donors (Lipinski definition) is 0. The van der Waals surface area contributed by atoms with Crippen molar-refractivity contribution < 1.29 is 4.74 Å². The SMILES string of the molecule is CSc1nccn1Cc1cccc(OCCCSc2nccs2)c1C. The molecular formula is C18H21N3OS3. The smallest absolute Gasteiger partial charge is 0.167 e. The maximum Gasteiger partial charge on any atom is 0.167 e. The van der Waals surface area contributed by atoms with Crippen molar-refractivity contribution in [3.8, 4) is 5.75 Å². The van der Waals surface area contributed by atoms with Crippen LogP contribution in [0.25, 0.3) is 0 Å². The monoisotopic (exact) mass is 391 g/mol. The van der Waals surface area contributed by atoms with Crippen molar-refractivity contribution in [3.63, 3.8) is 0 Å². The van der Waals surface area contributed by atoms with Crippen molar-refractivity contribution in [1.82, 2.24) is 14.5 Å². The van der Waals surface area contributed by atoms with Gasteiger partial charge in [0.2, 0.25) is 0 Å². The molecule has 0 saturated carbocycles. The van der Waals surface area contributed by atoms with E-state index >= 15 is 0 Å². The number of aromatic nitrogens is 3. The van der Waals surface area contributed by atoms with Gasteiger partial charge < -0.3 is 9.30 Å². The summed E-state index contributed by atoms with van der Waals surface area (Å²) in [7, 11) is 0. The first kappa shape index (κ1) is 18.4. The topological polar surface area (TPSA) is 39.9 Å². The van der Waals surface area contributed by atoms with Crippen molar-refractivity contribution in [2.45, 2.75) is 29.4 Å². The lowest BCUT2D eigenvalue weighted by Gasteiger charge is -2.14. The normalized spacial score (nSPS) is 11.0. The zero-order valence-corrected chi connectivity index (χ0v) is 16.8. The van der Waals surface area contributed by atoms with Crippen LogP contribution < -0.4 is 4.74 Å². The maximum absolute atomic E-state index is 6.01. The Morgan fingerprint density at radius 2 is 2.16 bits per heavy atom. The third kappa shape index (κ3) is 5.03. The van der Waals surface area contributed by atoms with Gasteiger partial charge in [0.15, 0.2) is 5.16 Å². The molecular weight excluding hydrogens is 370 g/mol. The molecule has 0 fully saturated rings. The summed E-state index contributed by atoms with van der Waals surface area (Å²) in [6.07, 6.45) is 8.78. The number of thiazole rings is 1. The van der Waals surface area contributed by atoms with E-state index in [0.717, 1.165) is 40.6 Å². The highest BCUT2D eigenvalue weighted by Crippen LogP contribution is 2.25. The molecule has 0 spiro atoms. The van der Waals surface area contributed by atoms with E-state index in [1.165, 1.54) is 11.1 Å². The summed E-state index contributed by atoms with van der Waals surface area (Å²) in [5.74, 6) is 2.00. The highest BCUT2D eigenvalue weighted by atomic mass is 32.2. The van der Waals surface area contributed by atoms with Gasteiger partial charge in [0.25, 0.3) is 0 Å². The molecule has 0 saturated heterocycles. The highest BCUT2D eigenvalue weighted by Gasteiger charge is 2.08. The van der Waals surface area contributed by atoms with Crippen molar-refractivity contribution in [2.24, 2.45) is 0 Å². The molecule has 1 aromatic carbocycles. The number of hydrogen-bond acceptors (Lipinski definition) is 6. The first-order valence-electron chi connectivity index (χ1n) is 8.06. The standard InChI is InChI=1S/C18H21N3OS3/c1-14-15(13-21-9-7-19-17(21)23-2)5-3-6-16(14)22-10-4-11-24-18-20-8-12-25-18/h3,5-9,12H,4,10-11,13H2,1-2H3. The molecule has 0 bridgehead atoms. The first-order valence-corrected chi connectivity index (χ1v) is 11.2. The van der Waals surface area contributed by atoms with Gasteiger partial charge in [0, 0.05) is 36.3 Å². The van der Waals surface area contributed by atoms with E-state index in [2.05, 4.69) is 45.9 Å². The Kier molecular flexibility index (Phi) is 6.84. The van der Waals surface area contributed by atoms with Crippen molar-refractivity contribution >= 4 is 34.9 Å². The molecule has 0 aliphatic rings. The van der Waals surface area contributed by atoms with Crippen LogP contribution in [0.3, 0.4) is 0 Å². The quantitative estimate of drug-likeness (QED) is 0.380. The van der Waals surface area contributed by atoms with Crippen LogP contribution >= 0.6 is 34.9 Å². The molecule has 7 heteroatoms. The molecule has 0 amide bonds. The number of benzene rings is 1. The zero-order chi connectivity index (χ0) is 17.5. The van der Waals surface area contributed by atoms with Crippen molar-refractivity contribution in [2.75, 3.05) is 18.6 Å². The molecule has 0 aliphatic carbocycles. The molecule has 0 N–H and O–H groups in total. The Balaban J connectivity index is 1.53. The summed E-state index contributed by atoms with van der Waals surface area (Å²) >= 11 is 5.14.